The number of aryl methyl sites for hydroxylation is 1. The molecule has 2 aromatic rings. The van der Waals surface area contributed by atoms with Crippen LogP contribution in [0.4, 0.5) is 0 Å². The largest absolute Gasteiger partial charge is 0.504 e. The number of ether oxygens (including phenoxy) is 1. The van der Waals surface area contributed by atoms with Crippen LogP contribution in [0.25, 0.3) is 0 Å². The molecule has 0 saturated heterocycles. The molecule has 1 unspecified atom stereocenters. The summed E-state index contributed by atoms with van der Waals surface area (Å²) in [5.74, 6) is 0.615. The first kappa shape index (κ1) is 15.8. The van der Waals surface area contributed by atoms with E-state index in [1.54, 1.807) is 6.07 Å². The zero-order valence-electron chi connectivity index (χ0n) is 13.4. The number of phenols is 1. The molecule has 0 amide bonds. The number of benzene rings is 2. The fourth-order valence-electron chi connectivity index (χ4n) is 3.36. The molecule has 0 aromatic heterocycles. The lowest BCUT2D eigenvalue weighted by Gasteiger charge is -2.34. The number of phenolic OH excluding ortho intramolecular Hbond substituents is 1. The van der Waals surface area contributed by atoms with E-state index in [1.807, 2.05) is 30.3 Å². The Labute approximate surface area is 136 Å². The summed E-state index contributed by atoms with van der Waals surface area (Å²) in [5.41, 5.74) is 2.17. The topological polar surface area (TPSA) is 61.7 Å². The van der Waals surface area contributed by atoms with Crippen LogP contribution >= 0.6 is 0 Å². The van der Waals surface area contributed by atoms with Crippen molar-refractivity contribution in [1.82, 2.24) is 5.32 Å². The van der Waals surface area contributed by atoms with Gasteiger partial charge >= 0.3 is 0 Å². The summed E-state index contributed by atoms with van der Waals surface area (Å²) in [7, 11) is 1.54. The van der Waals surface area contributed by atoms with Crippen molar-refractivity contribution >= 4 is 0 Å². The highest BCUT2D eigenvalue weighted by Gasteiger charge is 2.33. The van der Waals surface area contributed by atoms with E-state index in [0.29, 0.717) is 18.8 Å². The Hall–Kier alpha value is -2.04. The minimum Gasteiger partial charge on any atom is -0.504 e. The predicted molar refractivity (Wildman–Crippen MR) is 89.6 cm³/mol. The second-order valence-corrected chi connectivity index (χ2v) is 6.11. The monoisotopic (exact) mass is 313 g/mol. The molecule has 3 N–H and O–H groups in total. The average molecular weight is 313 g/mol. The van der Waals surface area contributed by atoms with Crippen LogP contribution in [0.15, 0.2) is 42.5 Å². The summed E-state index contributed by atoms with van der Waals surface area (Å²) >= 11 is 0. The summed E-state index contributed by atoms with van der Waals surface area (Å²) in [6.07, 6.45) is 2.76. The predicted octanol–water partition coefficient (Wildman–Crippen LogP) is 2.71. The van der Waals surface area contributed by atoms with Gasteiger partial charge in [-0.05, 0) is 36.5 Å². The molecule has 23 heavy (non-hydrogen) atoms. The van der Waals surface area contributed by atoms with Crippen LogP contribution in [0.3, 0.4) is 0 Å². The fourth-order valence-corrected chi connectivity index (χ4v) is 3.36. The average Bonchev–Trinajstić information content (AvgIpc) is 2.57. The molecule has 0 spiro atoms. The maximum Gasteiger partial charge on any atom is 0.162 e. The SMILES string of the molecule is COc1cccc(CNCC2(O)CCCc3ccccc32)c1O. The van der Waals surface area contributed by atoms with Crippen LogP contribution < -0.4 is 10.1 Å². The first-order valence-corrected chi connectivity index (χ1v) is 8.00. The lowest BCUT2D eigenvalue weighted by atomic mass is 9.79. The van der Waals surface area contributed by atoms with Gasteiger partial charge < -0.3 is 20.3 Å². The van der Waals surface area contributed by atoms with Crippen LogP contribution in [-0.2, 0) is 18.6 Å². The molecule has 0 aliphatic heterocycles. The normalized spacial score (nSPS) is 20.1. The van der Waals surface area contributed by atoms with Crippen LogP contribution in [-0.4, -0.2) is 23.9 Å². The van der Waals surface area contributed by atoms with Gasteiger partial charge in [-0.1, -0.05) is 36.4 Å². The molecule has 0 heterocycles. The Morgan fingerprint density at radius 1 is 1.17 bits per heavy atom. The van der Waals surface area contributed by atoms with Gasteiger partial charge in [0.2, 0.25) is 0 Å². The third-order valence-corrected chi connectivity index (χ3v) is 4.59. The quantitative estimate of drug-likeness (QED) is 0.794. The number of aliphatic hydroxyl groups is 1. The number of fused-ring (bicyclic) bond motifs is 1. The summed E-state index contributed by atoms with van der Waals surface area (Å²) in [5, 5.41) is 24.4. The smallest absolute Gasteiger partial charge is 0.162 e. The number of hydrogen-bond acceptors (Lipinski definition) is 4. The van der Waals surface area contributed by atoms with Crippen molar-refractivity contribution in [2.45, 2.75) is 31.4 Å². The zero-order valence-corrected chi connectivity index (χ0v) is 13.4. The Morgan fingerprint density at radius 3 is 2.83 bits per heavy atom. The zero-order chi connectivity index (χ0) is 16.3. The molecule has 1 aliphatic carbocycles. The highest BCUT2D eigenvalue weighted by atomic mass is 16.5. The van der Waals surface area contributed by atoms with Gasteiger partial charge in [0.15, 0.2) is 11.5 Å². The van der Waals surface area contributed by atoms with Crippen molar-refractivity contribution in [2.75, 3.05) is 13.7 Å². The van der Waals surface area contributed by atoms with Gasteiger partial charge in [-0.15, -0.1) is 0 Å². The number of aromatic hydroxyl groups is 1. The first-order valence-electron chi connectivity index (χ1n) is 8.00. The summed E-state index contributed by atoms with van der Waals surface area (Å²) in [6, 6.07) is 13.5. The molecule has 0 bridgehead atoms. The van der Waals surface area contributed by atoms with Gasteiger partial charge in [0, 0.05) is 18.7 Å². The standard InChI is InChI=1S/C19H23NO3/c1-23-17-10-4-7-15(18(17)21)12-20-13-19(22)11-5-8-14-6-2-3-9-16(14)19/h2-4,6-7,9-10,20-22H,5,8,11-13H2,1H3. The number of methoxy groups -OCH3 is 1. The van der Waals surface area contributed by atoms with Crippen molar-refractivity contribution in [3.8, 4) is 11.5 Å². The third kappa shape index (κ3) is 3.19. The van der Waals surface area contributed by atoms with Gasteiger partial charge in [-0.3, -0.25) is 0 Å². The van der Waals surface area contributed by atoms with Gasteiger partial charge in [0.25, 0.3) is 0 Å². The third-order valence-electron chi connectivity index (χ3n) is 4.59. The van der Waals surface area contributed by atoms with Crippen molar-refractivity contribution < 1.29 is 14.9 Å². The molecule has 1 aliphatic rings. The molecule has 0 fully saturated rings. The van der Waals surface area contributed by atoms with Gasteiger partial charge in [-0.25, -0.2) is 0 Å². The van der Waals surface area contributed by atoms with E-state index < -0.39 is 5.60 Å². The Kier molecular flexibility index (Phi) is 4.55. The van der Waals surface area contributed by atoms with E-state index in [9.17, 15) is 10.2 Å². The van der Waals surface area contributed by atoms with Crippen molar-refractivity contribution in [3.63, 3.8) is 0 Å². The molecule has 0 saturated carbocycles. The Morgan fingerprint density at radius 2 is 2.00 bits per heavy atom. The second-order valence-electron chi connectivity index (χ2n) is 6.11. The van der Waals surface area contributed by atoms with Gasteiger partial charge in [0.1, 0.15) is 5.60 Å². The number of nitrogens with one attached hydrogen (secondary N) is 1. The summed E-state index contributed by atoms with van der Waals surface area (Å²) < 4.78 is 5.12. The first-order chi connectivity index (χ1) is 11.1. The van der Waals surface area contributed by atoms with E-state index in [-0.39, 0.29) is 5.75 Å². The van der Waals surface area contributed by atoms with E-state index >= 15 is 0 Å². The van der Waals surface area contributed by atoms with E-state index in [0.717, 1.165) is 30.4 Å². The van der Waals surface area contributed by atoms with Crippen molar-refractivity contribution in [1.29, 1.82) is 0 Å². The Balaban J connectivity index is 1.70. The minimum absolute atomic E-state index is 0.151. The molecule has 1 atom stereocenters. The molecular formula is C19H23NO3. The lowest BCUT2D eigenvalue weighted by Crippen LogP contribution is -2.40. The summed E-state index contributed by atoms with van der Waals surface area (Å²) in [4.78, 5) is 0. The maximum absolute atomic E-state index is 11.0. The number of rotatable bonds is 5. The molecule has 4 nitrogen and oxygen atoms in total. The molecule has 3 rings (SSSR count). The maximum atomic E-state index is 11.0. The molecule has 4 heteroatoms. The van der Waals surface area contributed by atoms with Crippen molar-refractivity contribution in [3.05, 3.63) is 59.2 Å². The molecule has 122 valence electrons. The highest BCUT2D eigenvalue weighted by Crippen LogP contribution is 2.35. The van der Waals surface area contributed by atoms with Gasteiger partial charge in [-0.2, -0.15) is 0 Å². The minimum atomic E-state index is -0.844. The summed E-state index contributed by atoms with van der Waals surface area (Å²) in [6.45, 7) is 0.939. The molecule has 0 radical (unpaired) electrons. The van der Waals surface area contributed by atoms with Crippen LogP contribution in [0.2, 0.25) is 0 Å². The van der Waals surface area contributed by atoms with Crippen LogP contribution in [0.1, 0.15) is 29.5 Å². The van der Waals surface area contributed by atoms with E-state index in [1.165, 1.54) is 12.7 Å². The molecule has 2 aromatic carbocycles. The van der Waals surface area contributed by atoms with E-state index in [2.05, 4.69) is 11.4 Å². The van der Waals surface area contributed by atoms with Crippen LogP contribution in [0, 0.1) is 0 Å². The number of para-hydroxylation sites is 1. The molecular weight excluding hydrogens is 290 g/mol. The Bertz CT molecular complexity index is 686. The number of hydrogen-bond donors (Lipinski definition) is 3. The fraction of sp³-hybridized carbons (Fsp3) is 0.368. The van der Waals surface area contributed by atoms with Crippen molar-refractivity contribution in [2.24, 2.45) is 0 Å². The van der Waals surface area contributed by atoms with Crippen LogP contribution in [0.5, 0.6) is 11.5 Å². The second kappa shape index (κ2) is 6.60. The van der Waals surface area contributed by atoms with Gasteiger partial charge in [0.05, 0.1) is 7.11 Å². The van der Waals surface area contributed by atoms with E-state index in [4.69, 9.17) is 4.74 Å². The highest BCUT2D eigenvalue weighted by molar-refractivity contribution is 5.45. The lowest BCUT2D eigenvalue weighted by molar-refractivity contribution is 0.0189.